The average Bonchev–Trinajstić information content (AvgIpc) is 2.73. The first-order valence-corrected chi connectivity index (χ1v) is 9.85. The van der Waals surface area contributed by atoms with Crippen molar-refractivity contribution in [3.05, 3.63) is 53.1 Å². The molecule has 29 heavy (non-hydrogen) atoms. The maximum Gasteiger partial charge on any atom is 0.321 e. The molecular formula is C21H23ClN4O3. The van der Waals surface area contributed by atoms with E-state index in [1.165, 1.54) is 0 Å². The molecule has 0 radical (unpaired) electrons. The zero-order valence-corrected chi connectivity index (χ0v) is 17.1. The number of anilines is 2. The van der Waals surface area contributed by atoms with Gasteiger partial charge in [-0.05, 0) is 42.5 Å². The summed E-state index contributed by atoms with van der Waals surface area (Å²) in [5.74, 6) is 0.609. The van der Waals surface area contributed by atoms with Crippen LogP contribution in [-0.2, 0) is 0 Å². The van der Waals surface area contributed by atoms with Gasteiger partial charge >= 0.3 is 6.03 Å². The lowest BCUT2D eigenvalue weighted by molar-refractivity contribution is 0.0815. The molecule has 0 aromatic heterocycles. The molecule has 0 aliphatic carbocycles. The summed E-state index contributed by atoms with van der Waals surface area (Å²) in [7, 11) is 3.57. The van der Waals surface area contributed by atoms with E-state index in [4.69, 9.17) is 16.3 Å². The first-order chi connectivity index (χ1) is 13.9. The number of benzene rings is 2. The van der Waals surface area contributed by atoms with Crippen molar-refractivity contribution < 1.29 is 14.3 Å². The Balaban J connectivity index is 1.43. The smallest absolute Gasteiger partial charge is 0.321 e. The number of nitrogens with one attached hydrogen (secondary N) is 2. The van der Waals surface area contributed by atoms with Gasteiger partial charge in [0, 0.05) is 43.7 Å². The van der Waals surface area contributed by atoms with Gasteiger partial charge < -0.3 is 25.2 Å². The van der Waals surface area contributed by atoms with Gasteiger partial charge in [-0.15, -0.1) is 0 Å². The molecule has 2 heterocycles. The number of fused-ring (bicyclic) bond motifs is 1. The standard InChI is InChI=1S/C21H23ClN4O3/c1-25-18-8-3-14(22)13-17(18)19(27)24-21(25)9-11-26(12-10-21)20(28)23-15-4-6-16(29-2)7-5-15/h3-8,13H,9-12H2,1-2H3,(H,23,28)(H,24,27). The molecule has 1 fully saturated rings. The minimum atomic E-state index is -0.505. The number of urea groups is 1. The zero-order valence-electron chi connectivity index (χ0n) is 16.4. The molecule has 0 atom stereocenters. The van der Waals surface area contributed by atoms with Gasteiger partial charge in [0.25, 0.3) is 5.91 Å². The molecule has 152 valence electrons. The van der Waals surface area contributed by atoms with Crippen molar-refractivity contribution in [1.29, 1.82) is 0 Å². The number of halogens is 1. The predicted molar refractivity (Wildman–Crippen MR) is 113 cm³/mol. The maximum atomic E-state index is 12.7. The second-order valence-electron chi connectivity index (χ2n) is 7.35. The Hall–Kier alpha value is -2.93. The topological polar surface area (TPSA) is 73.9 Å². The van der Waals surface area contributed by atoms with Gasteiger partial charge in [-0.1, -0.05) is 11.6 Å². The van der Waals surface area contributed by atoms with Crippen LogP contribution in [0.4, 0.5) is 16.2 Å². The number of ether oxygens (including phenoxy) is 1. The van der Waals surface area contributed by atoms with Crippen molar-refractivity contribution in [2.24, 2.45) is 0 Å². The van der Waals surface area contributed by atoms with Crippen molar-refractivity contribution in [2.45, 2.75) is 18.5 Å². The fourth-order valence-corrected chi connectivity index (χ4v) is 4.16. The molecule has 7 nitrogen and oxygen atoms in total. The fourth-order valence-electron chi connectivity index (χ4n) is 3.99. The summed E-state index contributed by atoms with van der Waals surface area (Å²) in [6, 6.07) is 12.4. The molecule has 1 spiro atoms. The van der Waals surface area contributed by atoms with E-state index in [2.05, 4.69) is 15.5 Å². The van der Waals surface area contributed by atoms with Crippen LogP contribution >= 0.6 is 11.6 Å². The molecule has 1 saturated heterocycles. The van der Waals surface area contributed by atoms with Gasteiger partial charge in [0.15, 0.2) is 0 Å². The van der Waals surface area contributed by atoms with Crippen LogP contribution in [0.15, 0.2) is 42.5 Å². The summed E-state index contributed by atoms with van der Waals surface area (Å²) < 4.78 is 5.13. The van der Waals surface area contributed by atoms with Crippen LogP contribution < -0.4 is 20.3 Å². The predicted octanol–water partition coefficient (Wildman–Crippen LogP) is 3.55. The van der Waals surface area contributed by atoms with E-state index in [9.17, 15) is 9.59 Å². The summed E-state index contributed by atoms with van der Waals surface area (Å²) in [5.41, 5.74) is 1.64. The average molecular weight is 415 g/mol. The van der Waals surface area contributed by atoms with Gasteiger partial charge in [-0.2, -0.15) is 0 Å². The highest BCUT2D eigenvalue weighted by Crippen LogP contribution is 2.37. The third kappa shape index (κ3) is 3.58. The van der Waals surface area contributed by atoms with Crippen LogP contribution in [0, 0.1) is 0 Å². The molecule has 2 aromatic carbocycles. The minimum Gasteiger partial charge on any atom is -0.497 e. The molecule has 3 amide bonds. The van der Waals surface area contributed by atoms with Crippen LogP contribution in [0.25, 0.3) is 0 Å². The number of carbonyl (C=O) groups excluding carboxylic acids is 2. The lowest BCUT2D eigenvalue weighted by Gasteiger charge is -2.51. The number of amides is 3. The fraction of sp³-hybridized carbons (Fsp3) is 0.333. The Bertz CT molecular complexity index is 939. The molecule has 2 N–H and O–H groups in total. The number of methoxy groups -OCH3 is 1. The number of piperidine rings is 1. The zero-order chi connectivity index (χ0) is 20.6. The summed E-state index contributed by atoms with van der Waals surface area (Å²) in [4.78, 5) is 29.2. The van der Waals surface area contributed by atoms with Crippen molar-refractivity contribution in [3.63, 3.8) is 0 Å². The largest absolute Gasteiger partial charge is 0.497 e. The Kier molecular flexibility index (Phi) is 5.00. The lowest BCUT2D eigenvalue weighted by atomic mass is 9.90. The highest BCUT2D eigenvalue weighted by Gasteiger charge is 2.44. The molecule has 0 unspecified atom stereocenters. The first kappa shape index (κ1) is 19.4. The Labute approximate surface area is 174 Å². The van der Waals surface area contributed by atoms with Gasteiger partial charge in [0.2, 0.25) is 0 Å². The van der Waals surface area contributed by atoms with Crippen LogP contribution in [0.5, 0.6) is 5.75 Å². The number of hydrogen-bond acceptors (Lipinski definition) is 4. The van der Waals surface area contributed by atoms with E-state index in [-0.39, 0.29) is 11.9 Å². The molecule has 4 rings (SSSR count). The van der Waals surface area contributed by atoms with Crippen LogP contribution in [0.3, 0.4) is 0 Å². The summed E-state index contributed by atoms with van der Waals surface area (Å²) in [5, 5.41) is 6.59. The maximum absolute atomic E-state index is 12.7. The number of rotatable bonds is 2. The van der Waals surface area contributed by atoms with Gasteiger partial charge in [0.1, 0.15) is 11.4 Å². The first-order valence-electron chi connectivity index (χ1n) is 9.48. The minimum absolute atomic E-state index is 0.128. The quantitative estimate of drug-likeness (QED) is 0.788. The van der Waals surface area contributed by atoms with Crippen LogP contribution in [0.2, 0.25) is 5.02 Å². The Morgan fingerprint density at radius 3 is 2.52 bits per heavy atom. The van der Waals surface area contributed by atoms with E-state index >= 15 is 0 Å². The van der Waals surface area contributed by atoms with E-state index in [0.29, 0.717) is 42.2 Å². The van der Waals surface area contributed by atoms with Gasteiger partial charge in [-0.25, -0.2) is 4.79 Å². The van der Waals surface area contributed by atoms with Gasteiger partial charge in [0.05, 0.1) is 18.4 Å². The third-order valence-corrected chi connectivity index (χ3v) is 6.01. The van der Waals surface area contributed by atoms with E-state index in [1.807, 2.05) is 13.1 Å². The molecular weight excluding hydrogens is 392 g/mol. The van der Waals surface area contributed by atoms with Crippen molar-refractivity contribution in [1.82, 2.24) is 10.2 Å². The van der Waals surface area contributed by atoms with E-state index in [1.54, 1.807) is 48.4 Å². The number of hydrogen-bond donors (Lipinski definition) is 2. The number of likely N-dealkylation sites (tertiary alicyclic amines) is 1. The monoisotopic (exact) mass is 414 g/mol. The van der Waals surface area contributed by atoms with Crippen molar-refractivity contribution >= 4 is 34.9 Å². The van der Waals surface area contributed by atoms with Crippen molar-refractivity contribution in [2.75, 3.05) is 37.5 Å². The Morgan fingerprint density at radius 2 is 1.86 bits per heavy atom. The van der Waals surface area contributed by atoms with E-state index < -0.39 is 5.66 Å². The molecule has 8 heteroatoms. The molecule has 0 bridgehead atoms. The molecule has 2 aliphatic rings. The number of nitrogens with zero attached hydrogens (tertiary/aromatic N) is 2. The highest BCUT2D eigenvalue weighted by atomic mass is 35.5. The molecule has 2 aromatic rings. The number of carbonyl (C=O) groups is 2. The van der Waals surface area contributed by atoms with Crippen molar-refractivity contribution in [3.8, 4) is 5.75 Å². The Morgan fingerprint density at radius 1 is 1.17 bits per heavy atom. The lowest BCUT2D eigenvalue weighted by Crippen LogP contribution is -2.67. The highest BCUT2D eigenvalue weighted by molar-refractivity contribution is 6.31. The van der Waals surface area contributed by atoms with E-state index in [0.717, 1.165) is 11.4 Å². The van der Waals surface area contributed by atoms with Gasteiger partial charge in [-0.3, -0.25) is 4.79 Å². The summed E-state index contributed by atoms with van der Waals surface area (Å²) in [6.45, 7) is 1.07. The normalized spacial score (nSPS) is 17.6. The van der Waals surface area contributed by atoms with Crippen LogP contribution in [-0.4, -0.2) is 49.7 Å². The molecule has 0 saturated carbocycles. The summed E-state index contributed by atoms with van der Waals surface area (Å²) >= 11 is 6.05. The summed E-state index contributed by atoms with van der Waals surface area (Å²) in [6.07, 6.45) is 1.26. The second kappa shape index (κ2) is 7.48. The second-order valence-corrected chi connectivity index (χ2v) is 7.79. The SMILES string of the molecule is COc1ccc(NC(=O)N2CCC3(CC2)NC(=O)c2cc(Cl)ccc2N3C)cc1. The molecule has 2 aliphatic heterocycles. The van der Waals surface area contributed by atoms with Crippen LogP contribution in [0.1, 0.15) is 23.2 Å². The third-order valence-electron chi connectivity index (χ3n) is 5.77.